The number of nitrogens with zero attached hydrogens (tertiary/aromatic N) is 8. The number of rotatable bonds is 8. The molecule has 0 aliphatic heterocycles. The number of hydrogen-bond acceptors (Lipinski definition) is 7. The van der Waals surface area contributed by atoms with E-state index in [4.69, 9.17) is 0 Å². The largest absolute Gasteiger partial charge is 0.271 e. The normalized spacial score (nSPS) is 11.4. The predicted octanol–water partition coefficient (Wildman–Crippen LogP) is 1.80. The van der Waals surface area contributed by atoms with E-state index in [-0.39, 0.29) is 12.5 Å². The molecule has 0 aliphatic rings. The molecule has 2 heterocycles. The molecule has 0 atom stereocenters. The highest BCUT2D eigenvalue weighted by molar-refractivity contribution is 5.80. The summed E-state index contributed by atoms with van der Waals surface area (Å²) in [6.07, 6.45) is 6.70. The Balaban J connectivity index is 1.23. The molecule has 31 heavy (non-hydrogen) atoms. The van der Waals surface area contributed by atoms with E-state index in [1.165, 1.54) is 11.0 Å². The number of allylic oxidation sites excluding steroid dienone is 1. The zero-order valence-electron chi connectivity index (χ0n) is 16.5. The van der Waals surface area contributed by atoms with Gasteiger partial charge in [0.2, 0.25) is 5.82 Å². The van der Waals surface area contributed by atoms with Crippen molar-refractivity contribution in [3.63, 3.8) is 0 Å². The van der Waals surface area contributed by atoms with Gasteiger partial charge < -0.3 is 0 Å². The van der Waals surface area contributed by atoms with Crippen molar-refractivity contribution in [2.45, 2.75) is 13.1 Å². The summed E-state index contributed by atoms with van der Waals surface area (Å²) in [6, 6.07) is 19.4. The van der Waals surface area contributed by atoms with Crippen LogP contribution in [0.1, 0.15) is 11.3 Å². The molecule has 1 N–H and O–H groups in total. The molecule has 4 aromatic rings. The van der Waals surface area contributed by atoms with Crippen LogP contribution in [0.15, 0.2) is 78.0 Å². The van der Waals surface area contributed by atoms with Crippen molar-refractivity contribution in [3.8, 4) is 11.4 Å². The van der Waals surface area contributed by atoms with Crippen LogP contribution in [-0.2, 0) is 17.9 Å². The van der Waals surface area contributed by atoms with E-state index < -0.39 is 0 Å². The van der Waals surface area contributed by atoms with Crippen LogP contribution >= 0.6 is 0 Å². The Morgan fingerprint density at radius 3 is 2.58 bits per heavy atom. The molecule has 2 aromatic carbocycles. The van der Waals surface area contributed by atoms with E-state index in [0.29, 0.717) is 18.1 Å². The second-order valence-corrected chi connectivity index (χ2v) is 6.51. The van der Waals surface area contributed by atoms with Gasteiger partial charge in [-0.25, -0.2) is 10.1 Å². The maximum absolute atomic E-state index is 12.0. The lowest BCUT2D eigenvalue weighted by atomic mass is 10.2. The van der Waals surface area contributed by atoms with Crippen molar-refractivity contribution < 1.29 is 4.79 Å². The number of amides is 1. The van der Waals surface area contributed by atoms with Crippen LogP contribution < -0.4 is 5.43 Å². The monoisotopic (exact) mass is 413 g/mol. The number of benzene rings is 2. The number of carbonyl (C=O) groups excluding carboxylic acids is 1. The van der Waals surface area contributed by atoms with Crippen LogP contribution in [-0.4, -0.2) is 47.3 Å². The fraction of sp³-hybridized carbons (Fsp3) is 0.0952. The summed E-state index contributed by atoms with van der Waals surface area (Å²) >= 11 is 0. The van der Waals surface area contributed by atoms with E-state index >= 15 is 0 Å². The van der Waals surface area contributed by atoms with Gasteiger partial charge in [-0.05, 0) is 22.9 Å². The second kappa shape index (κ2) is 9.83. The Morgan fingerprint density at radius 1 is 1.00 bits per heavy atom. The second-order valence-electron chi connectivity index (χ2n) is 6.51. The summed E-state index contributed by atoms with van der Waals surface area (Å²) in [4.78, 5) is 13.2. The Kier molecular flexibility index (Phi) is 6.29. The lowest BCUT2D eigenvalue weighted by Crippen LogP contribution is -2.24. The Morgan fingerprint density at radius 2 is 1.77 bits per heavy atom. The van der Waals surface area contributed by atoms with Gasteiger partial charge in [0, 0.05) is 11.8 Å². The summed E-state index contributed by atoms with van der Waals surface area (Å²) in [5.74, 6) is 0.0932. The molecular formula is C21H19N9O. The van der Waals surface area contributed by atoms with Crippen molar-refractivity contribution in [3.05, 3.63) is 84.2 Å². The zero-order chi connectivity index (χ0) is 21.3. The third kappa shape index (κ3) is 5.76. The van der Waals surface area contributed by atoms with Crippen LogP contribution in [0, 0.1) is 0 Å². The summed E-state index contributed by atoms with van der Waals surface area (Å²) in [5.41, 5.74) is 5.08. The maximum atomic E-state index is 12.0. The van der Waals surface area contributed by atoms with Crippen LogP contribution in [0.4, 0.5) is 0 Å². The van der Waals surface area contributed by atoms with Crippen LogP contribution in [0.25, 0.3) is 17.5 Å². The van der Waals surface area contributed by atoms with E-state index in [1.807, 2.05) is 66.9 Å². The van der Waals surface area contributed by atoms with Crippen molar-refractivity contribution in [2.75, 3.05) is 0 Å². The smallest absolute Gasteiger partial charge is 0.263 e. The van der Waals surface area contributed by atoms with Gasteiger partial charge in [0.05, 0.1) is 12.7 Å². The van der Waals surface area contributed by atoms with Crippen molar-refractivity contribution in [1.82, 2.24) is 40.6 Å². The van der Waals surface area contributed by atoms with Gasteiger partial charge in [-0.2, -0.15) is 9.90 Å². The predicted molar refractivity (Wildman–Crippen MR) is 114 cm³/mol. The summed E-state index contributed by atoms with van der Waals surface area (Å²) in [5, 5.41) is 24.0. The SMILES string of the molecule is O=C(Cn1nnc(-c2ccccc2)n1)N/N=C/C=C/c1cn(Cc2ccccc2)nn1. The summed E-state index contributed by atoms with van der Waals surface area (Å²) < 4.78 is 1.75. The first kappa shape index (κ1) is 19.8. The maximum Gasteiger partial charge on any atom is 0.263 e. The minimum absolute atomic E-state index is 0.0886. The quantitative estimate of drug-likeness (QED) is 0.348. The molecule has 0 bridgehead atoms. The van der Waals surface area contributed by atoms with E-state index in [0.717, 1.165) is 11.1 Å². The molecule has 1 amide bonds. The topological polar surface area (TPSA) is 116 Å². The third-order valence-corrected chi connectivity index (χ3v) is 4.13. The first-order valence-corrected chi connectivity index (χ1v) is 9.52. The third-order valence-electron chi connectivity index (χ3n) is 4.13. The van der Waals surface area contributed by atoms with Crippen LogP contribution in [0.2, 0.25) is 0 Å². The summed E-state index contributed by atoms with van der Waals surface area (Å²) in [7, 11) is 0. The van der Waals surface area contributed by atoms with Gasteiger partial charge in [-0.3, -0.25) is 4.79 Å². The van der Waals surface area contributed by atoms with E-state index in [9.17, 15) is 4.79 Å². The fourth-order valence-corrected chi connectivity index (χ4v) is 2.71. The lowest BCUT2D eigenvalue weighted by molar-refractivity contribution is -0.122. The van der Waals surface area contributed by atoms with Gasteiger partial charge in [-0.15, -0.1) is 15.3 Å². The molecular weight excluding hydrogens is 394 g/mol. The van der Waals surface area contributed by atoms with Gasteiger partial charge in [0.25, 0.3) is 5.91 Å². The molecule has 0 saturated carbocycles. The molecule has 0 aliphatic carbocycles. The van der Waals surface area contributed by atoms with E-state index in [1.54, 1.807) is 16.8 Å². The molecule has 0 unspecified atom stereocenters. The molecule has 10 nitrogen and oxygen atoms in total. The highest BCUT2D eigenvalue weighted by atomic mass is 16.2. The average Bonchev–Trinajstić information content (AvgIpc) is 3.44. The van der Waals surface area contributed by atoms with Gasteiger partial charge >= 0.3 is 0 Å². The highest BCUT2D eigenvalue weighted by Crippen LogP contribution is 2.11. The Bertz CT molecular complexity index is 1180. The summed E-state index contributed by atoms with van der Waals surface area (Å²) in [6.45, 7) is 0.558. The lowest BCUT2D eigenvalue weighted by Gasteiger charge is -1.98. The zero-order valence-corrected chi connectivity index (χ0v) is 16.5. The molecule has 0 spiro atoms. The standard InChI is InChI=1S/C21H19N9O/c31-20(16-30-26-21(25-28-30)18-10-5-2-6-11-18)24-22-13-7-12-19-15-29(27-23-19)14-17-8-3-1-4-9-17/h1-13,15H,14,16H2,(H,24,31)/b12-7+,22-13+. The average molecular weight is 413 g/mol. The van der Waals surface area contributed by atoms with Gasteiger partial charge in [0.15, 0.2) is 0 Å². The number of carbonyl (C=O) groups is 1. The van der Waals surface area contributed by atoms with E-state index in [2.05, 4.69) is 36.3 Å². The van der Waals surface area contributed by atoms with Crippen LogP contribution in [0.5, 0.6) is 0 Å². The molecule has 10 heteroatoms. The van der Waals surface area contributed by atoms with Crippen LogP contribution in [0.3, 0.4) is 0 Å². The minimum atomic E-state index is -0.365. The molecule has 0 fully saturated rings. The molecule has 2 aromatic heterocycles. The van der Waals surface area contributed by atoms with Gasteiger partial charge in [-0.1, -0.05) is 65.9 Å². The Labute approximate surface area is 177 Å². The molecule has 0 saturated heterocycles. The number of hydrogen-bond donors (Lipinski definition) is 1. The first-order valence-electron chi connectivity index (χ1n) is 9.52. The fourth-order valence-electron chi connectivity index (χ4n) is 2.71. The minimum Gasteiger partial charge on any atom is -0.271 e. The van der Waals surface area contributed by atoms with Crippen molar-refractivity contribution in [1.29, 1.82) is 0 Å². The molecule has 4 rings (SSSR count). The molecule has 154 valence electrons. The Hall–Kier alpha value is -4.47. The van der Waals surface area contributed by atoms with Gasteiger partial charge in [0.1, 0.15) is 12.2 Å². The van der Waals surface area contributed by atoms with Crippen molar-refractivity contribution >= 4 is 18.2 Å². The highest BCUT2D eigenvalue weighted by Gasteiger charge is 2.08. The van der Waals surface area contributed by atoms with Crippen molar-refractivity contribution in [2.24, 2.45) is 5.10 Å². The number of aromatic nitrogens is 7. The number of nitrogens with one attached hydrogen (secondary N) is 1. The number of hydrazone groups is 1. The molecule has 0 radical (unpaired) electrons. The number of tetrazole rings is 1. The first-order chi connectivity index (χ1) is 15.3.